The number of hydrogen-bond acceptors (Lipinski definition) is 1. The second-order valence-electron chi connectivity index (χ2n) is 8.50. The molecule has 0 saturated heterocycles. The molecule has 0 aromatic heterocycles. The summed E-state index contributed by atoms with van der Waals surface area (Å²) in [6.45, 7) is 15.5. The maximum Gasteiger partial charge on any atom is 0.0303 e. The van der Waals surface area contributed by atoms with Crippen LogP contribution in [0.5, 0.6) is 0 Å². The molecule has 0 aliphatic rings. The van der Waals surface area contributed by atoms with E-state index in [1.807, 2.05) is 0 Å². The van der Waals surface area contributed by atoms with Gasteiger partial charge in [0.2, 0.25) is 0 Å². The van der Waals surface area contributed by atoms with Gasteiger partial charge < -0.3 is 5.32 Å². The van der Waals surface area contributed by atoms with Gasteiger partial charge in [-0.1, -0.05) is 69.4 Å². The van der Waals surface area contributed by atoms with E-state index in [2.05, 4.69) is 89.0 Å². The molecule has 0 saturated carbocycles. The zero-order chi connectivity index (χ0) is 21.2. The number of hydrogen-bond donors (Lipinski definition) is 1. The average Bonchev–Trinajstić information content (AvgIpc) is 2.69. The quantitative estimate of drug-likeness (QED) is 0.359. The molecule has 0 atom stereocenters. The van der Waals surface area contributed by atoms with Gasteiger partial charge in [0.25, 0.3) is 0 Å². The molecule has 0 aliphatic carbocycles. The Bertz CT molecular complexity index is 828. The van der Waals surface area contributed by atoms with E-state index in [4.69, 9.17) is 0 Å². The first kappa shape index (κ1) is 23.2. The van der Waals surface area contributed by atoms with E-state index in [1.165, 1.54) is 52.6 Å². The van der Waals surface area contributed by atoms with E-state index in [9.17, 15) is 0 Å². The minimum Gasteiger partial charge on any atom is -0.313 e. The van der Waals surface area contributed by atoms with Crippen LogP contribution in [0.25, 0.3) is 0 Å². The third-order valence-corrected chi connectivity index (χ3v) is 5.79. The fraction of sp³-hybridized carbons (Fsp3) is 0.500. The summed E-state index contributed by atoms with van der Waals surface area (Å²) in [5, 5.41) is 3.68. The number of unbranched alkanes of at least 4 members (excludes halogenated alkanes) is 3. The highest BCUT2D eigenvalue weighted by Gasteiger charge is 2.13. The van der Waals surface area contributed by atoms with Gasteiger partial charge in [0.15, 0.2) is 0 Å². The highest BCUT2D eigenvalue weighted by atomic mass is 14.8. The van der Waals surface area contributed by atoms with Gasteiger partial charge in [-0.3, -0.25) is 0 Å². The Labute approximate surface area is 179 Å². The summed E-state index contributed by atoms with van der Waals surface area (Å²) in [6.07, 6.45) is 5.74. The molecule has 156 valence electrons. The second kappa shape index (κ2) is 11.8. The number of nitrogens with one attached hydrogen (secondary N) is 1. The van der Waals surface area contributed by atoms with E-state index in [0.29, 0.717) is 5.92 Å². The third-order valence-electron chi connectivity index (χ3n) is 5.79. The van der Waals surface area contributed by atoms with Crippen molar-refractivity contribution in [1.29, 1.82) is 0 Å². The fourth-order valence-corrected chi connectivity index (χ4v) is 4.10. The molecular weight excluding hydrogens is 350 g/mol. The van der Waals surface area contributed by atoms with Gasteiger partial charge in [-0.05, 0) is 85.9 Å². The average molecular weight is 390 g/mol. The van der Waals surface area contributed by atoms with Crippen molar-refractivity contribution in [3.8, 4) is 11.8 Å². The predicted octanol–water partition coefficient (Wildman–Crippen LogP) is 7.00. The summed E-state index contributed by atoms with van der Waals surface area (Å²) in [5.74, 6) is 7.32. The maximum absolute atomic E-state index is 3.68. The van der Waals surface area contributed by atoms with Crippen molar-refractivity contribution in [2.45, 2.75) is 86.1 Å². The lowest BCUT2D eigenvalue weighted by Crippen LogP contribution is -2.18. The minimum absolute atomic E-state index is 0.581. The normalized spacial score (nSPS) is 10.9. The van der Waals surface area contributed by atoms with Crippen molar-refractivity contribution >= 4 is 0 Å². The molecule has 2 rings (SSSR count). The zero-order valence-corrected chi connectivity index (χ0v) is 19.4. The van der Waals surface area contributed by atoms with Crippen molar-refractivity contribution in [3.05, 3.63) is 69.3 Å². The summed E-state index contributed by atoms with van der Waals surface area (Å²) in [5.41, 5.74) is 9.76. The summed E-state index contributed by atoms with van der Waals surface area (Å²) >= 11 is 0. The van der Waals surface area contributed by atoms with Crippen LogP contribution in [-0.4, -0.2) is 6.54 Å². The third kappa shape index (κ3) is 6.76. The Morgan fingerprint density at radius 3 is 2.28 bits per heavy atom. The van der Waals surface area contributed by atoms with E-state index >= 15 is 0 Å². The van der Waals surface area contributed by atoms with Crippen LogP contribution in [0.3, 0.4) is 0 Å². The Balaban J connectivity index is 1.74. The van der Waals surface area contributed by atoms with Gasteiger partial charge in [0.1, 0.15) is 0 Å². The van der Waals surface area contributed by atoms with Crippen LogP contribution >= 0.6 is 0 Å². The van der Waals surface area contributed by atoms with E-state index in [1.54, 1.807) is 5.56 Å². The van der Waals surface area contributed by atoms with Crippen molar-refractivity contribution < 1.29 is 0 Å². The van der Waals surface area contributed by atoms with Gasteiger partial charge in [-0.15, -0.1) is 0 Å². The van der Waals surface area contributed by atoms with Crippen molar-refractivity contribution in [3.63, 3.8) is 0 Å². The largest absolute Gasteiger partial charge is 0.313 e. The molecule has 2 aromatic carbocycles. The standard InChI is InChI=1S/C28H39N/c1-7-25-18-17-24(6)27(28(25)21(2)3)20-29-19-12-10-8-9-11-16-26-22(4)14-13-15-23(26)5/h13-15,17-18,21,29H,7-10,12,19-20H2,1-6H3. The lowest BCUT2D eigenvalue weighted by atomic mass is 9.88. The van der Waals surface area contributed by atoms with Crippen LogP contribution in [0.2, 0.25) is 0 Å². The maximum atomic E-state index is 3.68. The Hall–Kier alpha value is -2.04. The van der Waals surface area contributed by atoms with Crippen LogP contribution in [0, 0.1) is 32.6 Å². The zero-order valence-electron chi connectivity index (χ0n) is 19.4. The summed E-state index contributed by atoms with van der Waals surface area (Å²) in [7, 11) is 0. The Kier molecular flexibility index (Phi) is 9.49. The molecule has 0 bridgehead atoms. The first-order valence-corrected chi connectivity index (χ1v) is 11.3. The highest BCUT2D eigenvalue weighted by molar-refractivity contribution is 5.46. The van der Waals surface area contributed by atoms with Crippen LogP contribution in [0.15, 0.2) is 30.3 Å². The monoisotopic (exact) mass is 389 g/mol. The van der Waals surface area contributed by atoms with Gasteiger partial charge in [-0.2, -0.15) is 0 Å². The lowest BCUT2D eigenvalue weighted by molar-refractivity contribution is 0.602. The van der Waals surface area contributed by atoms with Gasteiger partial charge in [-0.25, -0.2) is 0 Å². The molecule has 29 heavy (non-hydrogen) atoms. The smallest absolute Gasteiger partial charge is 0.0303 e. The molecule has 0 unspecified atom stereocenters. The second-order valence-corrected chi connectivity index (χ2v) is 8.50. The molecule has 1 heteroatoms. The van der Waals surface area contributed by atoms with Gasteiger partial charge in [0.05, 0.1) is 0 Å². The van der Waals surface area contributed by atoms with Crippen molar-refractivity contribution in [1.82, 2.24) is 5.32 Å². The van der Waals surface area contributed by atoms with Crippen LogP contribution in [-0.2, 0) is 13.0 Å². The molecule has 0 radical (unpaired) electrons. The number of rotatable bonds is 9. The van der Waals surface area contributed by atoms with E-state index in [0.717, 1.165) is 25.9 Å². The predicted molar refractivity (Wildman–Crippen MR) is 128 cm³/mol. The summed E-state index contributed by atoms with van der Waals surface area (Å²) in [4.78, 5) is 0. The van der Waals surface area contributed by atoms with Gasteiger partial charge in [0, 0.05) is 18.5 Å². The highest BCUT2D eigenvalue weighted by Crippen LogP contribution is 2.27. The molecule has 1 nitrogen and oxygen atoms in total. The van der Waals surface area contributed by atoms with E-state index < -0.39 is 0 Å². The molecule has 0 spiro atoms. The van der Waals surface area contributed by atoms with Gasteiger partial charge >= 0.3 is 0 Å². The van der Waals surface area contributed by atoms with Crippen LogP contribution < -0.4 is 5.32 Å². The number of aryl methyl sites for hydroxylation is 4. The summed E-state index contributed by atoms with van der Waals surface area (Å²) < 4.78 is 0. The molecule has 2 aromatic rings. The molecule has 0 heterocycles. The van der Waals surface area contributed by atoms with Crippen LogP contribution in [0.4, 0.5) is 0 Å². The molecular formula is C28H39N. The molecule has 0 amide bonds. The van der Waals surface area contributed by atoms with Crippen LogP contribution in [0.1, 0.15) is 91.3 Å². The number of benzene rings is 2. The SMILES string of the molecule is CCc1ccc(C)c(CNCCCCCC#Cc2c(C)cccc2C)c1C(C)C. The van der Waals surface area contributed by atoms with E-state index in [-0.39, 0.29) is 0 Å². The molecule has 0 fully saturated rings. The topological polar surface area (TPSA) is 12.0 Å². The first-order chi connectivity index (χ1) is 14.0. The Morgan fingerprint density at radius 1 is 0.897 bits per heavy atom. The minimum atomic E-state index is 0.581. The molecule has 0 aliphatic heterocycles. The van der Waals surface area contributed by atoms with Crippen molar-refractivity contribution in [2.75, 3.05) is 6.54 Å². The molecule has 1 N–H and O–H groups in total. The Morgan fingerprint density at radius 2 is 1.62 bits per heavy atom. The first-order valence-electron chi connectivity index (χ1n) is 11.3. The lowest BCUT2D eigenvalue weighted by Gasteiger charge is -2.20. The van der Waals surface area contributed by atoms with Crippen molar-refractivity contribution in [2.24, 2.45) is 0 Å². The summed E-state index contributed by atoms with van der Waals surface area (Å²) in [6, 6.07) is 11.0. The fourth-order valence-electron chi connectivity index (χ4n) is 4.10.